The number of aryl methyl sites for hydroxylation is 1. The highest BCUT2D eigenvalue weighted by Crippen LogP contribution is 2.27. The van der Waals surface area contributed by atoms with E-state index in [0.717, 1.165) is 34.0 Å². The number of hydrogen-bond donors (Lipinski definition) is 2. The SMILES string of the molecule is Cc1nc(-c2ccccc2)sc1CNC(=O)NC1CCCCC1. The number of aromatic nitrogens is 1. The van der Waals surface area contributed by atoms with Crippen LogP contribution >= 0.6 is 11.3 Å². The highest BCUT2D eigenvalue weighted by Gasteiger charge is 2.16. The molecule has 1 fully saturated rings. The average molecular weight is 329 g/mol. The lowest BCUT2D eigenvalue weighted by Crippen LogP contribution is -2.42. The average Bonchev–Trinajstić information content (AvgIpc) is 2.96. The molecule has 1 aliphatic carbocycles. The largest absolute Gasteiger partial charge is 0.335 e. The lowest BCUT2D eigenvalue weighted by molar-refractivity contribution is 0.232. The van der Waals surface area contributed by atoms with E-state index < -0.39 is 0 Å². The molecule has 3 rings (SSSR count). The monoisotopic (exact) mass is 329 g/mol. The molecule has 2 aromatic rings. The fraction of sp³-hybridized carbons (Fsp3) is 0.444. The summed E-state index contributed by atoms with van der Waals surface area (Å²) in [6.07, 6.45) is 5.94. The highest BCUT2D eigenvalue weighted by molar-refractivity contribution is 7.15. The Morgan fingerprint density at radius 3 is 2.70 bits per heavy atom. The molecular formula is C18H23N3OS. The van der Waals surface area contributed by atoms with Crippen molar-refractivity contribution < 1.29 is 4.79 Å². The van der Waals surface area contributed by atoms with Crippen LogP contribution in [0.5, 0.6) is 0 Å². The minimum Gasteiger partial charge on any atom is -0.335 e. The van der Waals surface area contributed by atoms with Gasteiger partial charge in [-0.05, 0) is 19.8 Å². The van der Waals surface area contributed by atoms with E-state index >= 15 is 0 Å². The molecule has 2 N–H and O–H groups in total. The molecule has 23 heavy (non-hydrogen) atoms. The van der Waals surface area contributed by atoms with Gasteiger partial charge >= 0.3 is 6.03 Å². The first kappa shape index (κ1) is 16.0. The second kappa shape index (κ2) is 7.59. The van der Waals surface area contributed by atoms with Crippen molar-refractivity contribution in [2.24, 2.45) is 0 Å². The number of carbonyl (C=O) groups is 1. The fourth-order valence-electron chi connectivity index (χ4n) is 2.94. The summed E-state index contributed by atoms with van der Waals surface area (Å²) in [5, 5.41) is 7.06. The fourth-order valence-corrected chi connectivity index (χ4v) is 3.95. The van der Waals surface area contributed by atoms with E-state index in [2.05, 4.69) is 27.8 Å². The first-order valence-electron chi connectivity index (χ1n) is 8.28. The Kier molecular flexibility index (Phi) is 5.28. The molecule has 1 heterocycles. The van der Waals surface area contributed by atoms with E-state index in [-0.39, 0.29) is 6.03 Å². The van der Waals surface area contributed by atoms with Crippen LogP contribution < -0.4 is 10.6 Å². The van der Waals surface area contributed by atoms with Gasteiger partial charge in [-0.25, -0.2) is 9.78 Å². The van der Waals surface area contributed by atoms with Crippen LogP contribution in [0.4, 0.5) is 4.79 Å². The van der Waals surface area contributed by atoms with Gasteiger partial charge in [-0.1, -0.05) is 49.6 Å². The van der Waals surface area contributed by atoms with Gasteiger partial charge in [-0.2, -0.15) is 0 Å². The highest BCUT2D eigenvalue weighted by atomic mass is 32.1. The molecule has 0 aliphatic heterocycles. The zero-order valence-corrected chi connectivity index (χ0v) is 14.3. The maximum absolute atomic E-state index is 12.0. The second-order valence-electron chi connectivity index (χ2n) is 6.06. The van der Waals surface area contributed by atoms with Crippen molar-refractivity contribution in [3.05, 3.63) is 40.9 Å². The number of thiazole rings is 1. The predicted molar refractivity (Wildman–Crippen MR) is 94.5 cm³/mol. The van der Waals surface area contributed by atoms with Gasteiger partial charge in [0.05, 0.1) is 12.2 Å². The van der Waals surface area contributed by atoms with Gasteiger partial charge in [-0.3, -0.25) is 0 Å². The summed E-state index contributed by atoms with van der Waals surface area (Å²) in [7, 11) is 0. The first-order chi connectivity index (χ1) is 11.2. The van der Waals surface area contributed by atoms with Crippen LogP contribution in [0.25, 0.3) is 10.6 Å². The van der Waals surface area contributed by atoms with Crippen LogP contribution in [0.3, 0.4) is 0 Å². The molecule has 0 spiro atoms. The van der Waals surface area contributed by atoms with Crippen molar-refractivity contribution in [1.29, 1.82) is 0 Å². The van der Waals surface area contributed by atoms with E-state index in [1.54, 1.807) is 11.3 Å². The molecule has 0 unspecified atom stereocenters. The Morgan fingerprint density at radius 2 is 1.96 bits per heavy atom. The molecule has 1 saturated carbocycles. The molecule has 0 radical (unpaired) electrons. The summed E-state index contributed by atoms with van der Waals surface area (Å²) in [6.45, 7) is 2.54. The summed E-state index contributed by atoms with van der Waals surface area (Å²) in [5.41, 5.74) is 2.12. The number of nitrogens with zero attached hydrogens (tertiary/aromatic N) is 1. The molecule has 1 aromatic carbocycles. The zero-order valence-electron chi connectivity index (χ0n) is 13.5. The number of nitrogens with one attached hydrogen (secondary N) is 2. The molecular weight excluding hydrogens is 306 g/mol. The summed E-state index contributed by atoms with van der Waals surface area (Å²) in [6, 6.07) is 10.4. The number of rotatable bonds is 4. The molecule has 122 valence electrons. The smallest absolute Gasteiger partial charge is 0.315 e. The van der Waals surface area contributed by atoms with Crippen LogP contribution in [-0.2, 0) is 6.54 Å². The maximum atomic E-state index is 12.0. The van der Waals surface area contributed by atoms with E-state index in [1.165, 1.54) is 19.3 Å². The van der Waals surface area contributed by atoms with Crippen LogP contribution in [0.2, 0.25) is 0 Å². The zero-order chi connectivity index (χ0) is 16.1. The Balaban J connectivity index is 1.56. The third kappa shape index (κ3) is 4.32. The van der Waals surface area contributed by atoms with Gasteiger partial charge in [-0.15, -0.1) is 11.3 Å². The summed E-state index contributed by atoms with van der Waals surface area (Å²) in [4.78, 5) is 17.8. The van der Waals surface area contributed by atoms with Crippen molar-refractivity contribution in [2.45, 2.75) is 51.6 Å². The van der Waals surface area contributed by atoms with Crippen LogP contribution in [0.15, 0.2) is 30.3 Å². The molecule has 1 aliphatic rings. The number of carbonyl (C=O) groups excluding carboxylic acids is 1. The lowest BCUT2D eigenvalue weighted by atomic mass is 9.96. The van der Waals surface area contributed by atoms with Gasteiger partial charge in [0.25, 0.3) is 0 Å². The normalized spacial score (nSPS) is 15.3. The van der Waals surface area contributed by atoms with E-state index in [1.807, 2.05) is 25.1 Å². The number of benzene rings is 1. The van der Waals surface area contributed by atoms with Crippen molar-refractivity contribution in [2.75, 3.05) is 0 Å². The Labute approximate surface area is 141 Å². The first-order valence-corrected chi connectivity index (χ1v) is 9.10. The van der Waals surface area contributed by atoms with Gasteiger partial charge in [0, 0.05) is 16.5 Å². The Morgan fingerprint density at radius 1 is 1.22 bits per heavy atom. The van der Waals surface area contributed by atoms with Gasteiger partial charge in [0.15, 0.2) is 0 Å². The molecule has 0 bridgehead atoms. The Bertz CT molecular complexity index is 648. The molecule has 2 amide bonds. The second-order valence-corrected chi connectivity index (χ2v) is 7.14. The van der Waals surface area contributed by atoms with Gasteiger partial charge in [0.1, 0.15) is 5.01 Å². The van der Waals surface area contributed by atoms with E-state index in [0.29, 0.717) is 12.6 Å². The van der Waals surface area contributed by atoms with Crippen molar-refractivity contribution in [3.63, 3.8) is 0 Å². The van der Waals surface area contributed by atoms with Crippen molar-refractivity contribution >= 4 is 17.4 Å². The minimum absolute atomic E-state index is 0.0639. The summed E-state index contributed by atoms with van der Waals surface area (Å²) < 4.78 is 0. The molecule has 5 heteroatoms. The van der Waals surface area contributed by atoms with E-state index in [4.69, 9.17) is 0 Å². The molecule has 0 atom stereocenters. The Hall–Kier alpha value is -1.88. The van der Waals surface area contributed by atoms with Crippen LogP contribution in [-0.4, -0.2) is 17.1 Å². The number of urea groups is 1. The minimum atomic E-state index is -0.0639. The lowest BCUT2D eigenvalue weighted by Gasteiger charge is -2.22. The summed E-state index contributed by atoms with van der Waals surface area (Å²) >= 11 is 1.65. The third-order valence-corrected chi connectivity index (χ3v) is 5.47. The molecule has 1 aromatic heterocycles. The van der Waals surface area contributed by atoms with Gasteiger partial charge in [0.2, 0.25) is 0 Å². The molecule has 0 saturated heterocycles. The van der Waals surface area contributed by atoms with Crippen molar-refractivity contribution in [3.8, 4) is 10.6 Å². The van der Waals surface area contributed by atoms with Crippen molar-refractivity contribution in [1.82, 2.24) is 15.6 Å². The van der Waals surface area contributed by atoms with Gasteiger partial charge < -0.3 is 10.6 Å². The standard InChI is InChI=1S/C18H23N3OS/c1-13-16(23-17(20-13)14-8-4-2-5-9-14)12-19-18(22)21-15-10-6-3-7-11-15/h2,4-5,8-9,15H,3,6-7,10-12H2,1H3,(H2,19,21,22). The van der Waals surface area contributed by atoms with Crippen LogP contribution in [0.1, 0.15) is 42.7 Å². The maximum Gasteiger partial charge on any atom is 0.315 e. The summed E-state index contributed by atoms with van der Waals surface area (Å²) in [5.74, 6) is 0. The quantitative estimate of drug-likeness (QED) is 0.881. The van der Waals surface area contributed by atoms with Crippen LogP contribution in [0, 0.1) is 6.92 Å². The predicted octanol–water partition coefficient (Wildman–Crippen LogP) is 4.25. The topological polar surface area (TPSA) is 54.0 Å². The number of hydrogen-bond acceptors (Lipinski definition) is 3. The third-order valence-electron chi connectivity index (χ3n) is 4.26. The number of amides is 2. The molecule has 4 nitrogen and oxygen atoms in total. The van der Waals surface area contributed by atoms with E-state index in [9.17, 15) is 4.79 Å².